The minimum absolute atomic E-state index is 0.0745. The van der Waals surface area contributed by atoms with E-state index in [1.54, 1.807) is 0 Å². The molecule has 0 radical (unpaired) electrons. The Hall–Kier alpha value is -3.10. The number of hydrogen-bond donors (Lipinski definition) is 0. The number of benzene rings is 2. The van der Waals surface area contributed by atoms with Crippen molar-refractivity contribution in [3.63, 3.8) is 0 Å². The number of ether oxygens (including phenoxy) is 2. The van der Waals surface area contributed by atoms with E-state index in [0.29, 0.717) is 17.8 Å². The van der Waals surface area contributed by atoms with E-state index in [1.165, 1.54) is 53.7 Å². The van der Waals surface area contributed by atoms with E-state index < -0.39 is 0 Å². The lowest BCUT2D eigenvalue weighted by atomic mass is 9.66. The number of piperidine rings is 6. The molecule has 0 saturated carbocycles. The fourth-order valence-electron chi connectivity index (χ4n) is 9.71. The Morgan fingerprint density at radius 2 is 1.45 bits per heavy atom. The number of aromatic nitrogens is 4. The molecule has 10 heterocycles. The highest BCUT2D eigenvalue weighted by Gasteiger charge is 2.58. The summed E-state index contributed by atoms with van der Waals surface area (Å²) in [5.74, 6) is 1.53. The maximum Gasteiger partial charge on any atom is 0.298 e. The SMILES string of the molecule is Cc1cccc2c1nc1n2C[C@]2(CN3CCC2C(c2ccc4c(nc5n4C[C@@]4(CN6CCC4CC6)O5)c2C)C3)O1. The first-order valence-electron chi connectivity index (χ1n) is 15.3. The third kappa shape index (κ3) is 2.74. The number of para-hydroxylation sites is 1. The largest absolute Gasteiger partial charge is 0.454 e. The van der Waals surface area contributed by atoms with Crippen LogP contribution in [-0.4, -0.2) is 79.4 Å². The molecular formula is C32H36N6O2. The fraction of sp³-hybridized carbons (Fsp3) is 0.562. The van der Waals surface area contributed by atoms with Gasteiger partial charge in [-0.25, -0.2) is 0 Å². The van der Waals surface area contributed by atoms with Crippen molar-refractivity contribution >= 4 is 22.1 Å². The van der Waals surface area contributed by atoms with Gasteiger partial charge in [0, 0.05) is 37.4 Å². The van der Waals surface area contributed by atoms with Crippen LogP contribution < -0.4 is 9.47 Å². The summed E-state index contributed by atoms with van der Waals surface area (Å²) in [6.45, 7) is 13.0. The second kappa shape index (κ2) is 7.39. The first-order valence-corrected chi connectivity index (χ1v) is 15.3. The second-order valence-corrected chi connectivity index (χ2v) is 13.7. The minimum atomic E-state index is -0.218. The summed E-state index contributed by atoms with van der Waals surface area (Å²) in [7, 11) is 0. The van der Waals surface area contributed by atoms with Crippen molar-refractivity contribution in [2.45, 2.75) is 63.3 Å². The molecule has 206 valence electrons. The lowest BCUT2D eigenvalue weighted by Crippen LogP contribution is -2.64. The molecule has 2 aromatic heterocycles. The Balaban J connectivity index is 1.00. The van der Waals surface area contributed by atoms with Crippen LogP contribution in [0.2, 0.25) is 0 Å². The van der Waals surface area contributed by atoms with Crippen molar-refractivity contribution in [3.05, 3.63) is 47.0 Å². The normalized spacial score (nSPS) is 37.0. The van der Waals surface area contributed by atoms with Gasteiger partial charge in [-0.15, -0.1) is 0 Å². The van der Waals surface area contributed by atoms with E-state index in [9.17, 15) is 0 Å². The van der Waals surface area contributed by atoms with Gasteiger partial charge in [-0.1, -0.05) is 18.2 Å². The summed E-state index contributed by atoms with van der Waals surface area (Å²) in [5, 5.41) is 0. The summed E-state index contributed by atoms with van der Waals surface area (Å²) < 4.78 is 18.4. The Morgan fingerprint density at radius 1 is 0.750 bits per heavy atom. The molecule has 8 nitrogen and oxygen atoms in total. The highest BCUT2D eigenvalue weighted by atomic mass is 16.5. The van der Waals surface area contributed by atoms with E-state index in [-0.39, 0.29) is 11.2 Å². The first-order chi connectivity index (χ1) is 19.5. The smallest absolute Gasteiger partial charge is 0.298 e. The Bertz CT molecular complexity index is 1730. The van der Waals surface area contributed by atoms with E-state index in [1.807, 2.05) is 0 Å². The topological polar surface area (TPSA) is 60.6 Å². The van der Waals surface area contributed by atoms with Gasteiger partial charge in [-0.05, 0) is 81.6 Å². The summed E-state index contributed by atoms with van der Waals surface area (Å²) in [5.41, 5.74) is 8.30. The average molecular weight is 537 g/mol. The lowest BCUT2D eigenvalue weighted by molar-refractivity contribution is -0.0955. The van der Waals surface area contributed by atoms with Crippen molar-refractivity contribution in [2.24, 2.45) is 11.8 Å². The van der Waals surface area contributed by atoms with Crippen LogP contribution in [0.25, 0.3) is 22.1 Å². The van der Waals surface area contributed by atoms with E-state index in [4.69, 9.17) is 19.4 Å². The van der Waals surface area contributed by atoms with Gasteiger partial charge in [0.05, 0.1) is 35.2 Å². The Labute approximate surface area is 233 Å². The Kier molecular flexibility index (Phi) is 4.17. The van der Waals surface area contributed by atoms with Gasteiger partial charge in [0.2, 0.25) is 0 Å². The molecule has 6 saturated heterocycles. The fourth-order valence-corrected chi connectivity index (χ4v) is 9.71. The molecule has 8 heteroatoms. The van der Waals surface area contributed by atoms with Gasteiger partial charge >= 0.3 is 0 Å². The first kappa shape index (κ1) is 22.6. The van der Waals surface area contributed by atoms with Crippen LogP contribution >= 0.6 is 0 Å². The monoisotopic (exact) mass is 536 g/mol. The Morgan fingerprint density at radius 3 is 2.23 bits per heavy atom. The van der Waals surface area contributed by atoms with Crippen molar-refractivity contribution in [1.82, 2.24) is 28.9 Å². The van der Waals surface area contributed by atoms with Crippen LogP contribution in [-0.2, 0) is 13.1 Å². The molecule has 40 heavy (non-hydrogen) atoms. The molecule has 5 atom stereocenters. The van der Waals surface area contributed by atoms with E-state index in [0.717, 1.165) is 68.7 Å². The maximum atomic E-state index is 6.89. The zero-order valence-corrected chi connectivity index (χ0v) is 23.4. The number of fused-ring (bicyclic) bond motifs is 10. The highest BCUT2D eigenvalue weighted by Crippen LogP contribution is 2.52. The van der Waals surface area contributed by atoms with Crippen molar-refractivity contribution in [1.29, 1.82) is 0 Å². The number of hydrogen-bond acceptors (Lipinski definition) is 6. The van der Waals surface area contributed by atoms with Crippen LogP contribution in [0.15, 0.2) is 30.3 Å². The molecular weight excluding hydrogens is 500 g/mol. The molecule has 0 aliphatic carbocycles. The van der Waals surface area contributed by atoms with Crippen molar-refractivity contribution in [3.8, 4) is 12.0 Å². The quantitative estimate of drug-likeness (QED) is 0.365. The average Bonchev–Trinajstić information content (AvgIpc) is 3.68. The maximum absolute atomic E-state index is 6.89. The number of aryl methyl sites for hydroxylation is 2. The molecule has 8 aliphatic rings. The predicted octanol–water partition coefficient (Wildman–Crippen LogP) is 4.11. The van der Waals surface area contributed by atoms with Crippen LogP contribution in [0.4, 0.5) is 0 Å². The van der Waals surface area contributed by atoms with Crippen LogP contribution in [0.3, 0.4) is 0 Å². The molecule has 0 N–H and O–H groups in total. The molecule has 8 aliphatic heterocycles. The van der Waals surface area contributed by atoms with Gasteiger partial charge in [0.1, 0.15) is 11.2 Å². The second-order valence-electron chi connectivity index (χ2n) is 13.7. The number of imidazole rings is 2. The van der Waals surface area contributed by atoms with Crippen LogP contribution in [0.1, 0.15) is 41.9 Å². The summed E-state index contributed by atoms with van der Waals surface area (Å²) in [4.78, 5) is 15.3. The molecule has 12 rings (SSSR count). The summed E-state index contributed by atoms with van der Waals surface area (Å²) >= 11 is 0. The lowest BCUT2D eigenvalue weighted by Gasteiger charge is -2.54. The van der Waals surface area contributed by atoms with Gasteiger partial charge in [0.15, 0.2) is 0 Å². The summed E-state index contributed by atoms with van der Waals surface area (Å²) in [6.07, 6.45) is 3.67. The standard InChI is InChI=1S/C32H36N6O2/c1-19-4-3-5-25-27(19)33-29-38(25)18-32(40-29)16-36-13-10-24(32)23(14-36)22-6-7-26-28(20(22)2)34-30-37(26)17-31(39-30)15-35-11-8-21(31)9-12-35/h3-7,21,23-24H,8-18H2,1-2H3/t23?,24?,31-,32+/m1/s1. The highest BCUT2D eigenvalue weighted by molar-refractivity contribution is 5.82. The number of nitrogens with zero attached hydrogens (tertiary/aromatic N) is 6. The zero-order valence-electron chi connectivity index (χ0n) is 23.4. The van der Waals surface area contributed by atoms with Crippen molar-refractivity contribution < 1.29 is 9.47 Å². The van der Waals surface area contributed by atoms with Crippen LogP contribution in [0.5, 0.6) is 12.0 Å². The third-order valence-electron chi connectivity index (χ3n) is 11.7. The molecule has 4 aromatic rings. The van der Waals surface area contributed by atoms with Crippen LogP contribution in [0, 0.1) is 25.7 Å². The number of rotatable bonds is 1. The molecule has 2 aromatic carbocycles. The molecule has 3 unspecified atom stereocenters. The minimum Gasteiger partial charge on any atom is -0.454 e. The third-order valence-corrected chi connectivity index (χ3v) is 11.7. The van der Waals surface area contributed by atoms with E-state index >= 15 is 0 Å². The van der Waals surface area contributed by atoms with E-state index in [2.05, 4.69) is 63.1 Å². The zero-order chi connectivity index (χ0) is 26.4. The molecule has 0 amide bonds. The molecule has 6 fully saturated rings. The van der Waals surface area contributed by atoms with Crippen molar-refractivity contribution in [2.75, 3.05) is 39.3 Å². The molecule has 4 bridgehead atoms. The van der Waals surface area contributed by atoms with Gasteiger partial charge in [-0.3, -0.25) is 18.9 Å². The predicted molar refractivity (Wildman–Crippen MR) is 152 cm³/mol. The summed E-state index contributed by atoms with van der Waals surface area (Å²) in [6, 6.07) is 12.8. The van der Waals surface area contributed by atoms with Gasteiger partial charge in [-0.2, -0.15) is 9.97 Å². The molecule has 2 spiro atoms. The van der Waals surface area contributed by atoms with Gasteiger partial charge in [0.25, 0.3) is 12.0 Å². The van der Waals surface area contributed by atoms with Gasteiger partial charge < -0.3 is 9.47 Å².